The Balaban J connectivity index is 1.27. The summed E-state index contributed by atoms with van der Waals surface area (Å²) >= 11 is 0. The van der Waals surface area contributed by atoms with E-state index in [9.17, 15) is 9.59 Å². The van der Waals surface area contributed by atoms with E-state index in [0.29, 0.717) is 37.3 Å². The van der Waals surface area contributed by atoms with Gasteiger partial charge >= 0.3 is 12.1 Å². The Labute approximate surface area is 163 Å². The predicted octanol–water partition coefficient (Wildman–Crippen LogP) is 1.65. The van der Waals surface area contributed by atoms with Crippen molar-refractivity contribution in [2.24, 2.45) is 5.73 Å². The summed E-state index contributed by atoms with van der Waals surface area (Å²) in [4.78, 5) is 31.8. The van der Waals surface area contributed by atoms with Gasteiger partial charge in [0, 0.05) is 50.3 Å². The highest BCUT2D eigenvalue weighted by Crippen LogP contribution is 2.36. The van der Waals surface area contributed by atoms with Gasteiger partial charge in [-0.3, -0.25) is 0 Å². The number of amides is 3. The van der Waals surface area contributed by atoms with Crippen molar-refractivity contribution in [1.82, 2.24) is 14.8 Å². The van der Waals surface area contributed by atoms with Crippen LogP contribution in [0.15, 0.2) is 18.3 Å². The molecule has 0 aromatic carbocycles. The number of hydrogen-bond donors (Lipinski definition) is 2. The van der Waals surface area contributed by atoms with Gasteiger partial charge in [0.05, 0.1) is 5.56 Å². The third kappa shape index (κ3) is 3.67. The summed E-state index contributed by atoms with van der Waals surface area (Å²) in [6.45, 7) is 1.17. The lowest BCUT2D eigenvalue weighted by molar-refractivity contribution is 0.0187. The van der Waals surface area contributed by atoms with Gasteiger partial charge in [-0.1, -0.05) is 0 Å². The van der Waals surface area contributed by atoms with Gasteiger partial charge < -0.3 is 25.6 Å². The molecule has 3 aliphatic heterocycles. The number of fused-ring (bicyclic) bond motifs is 2. The normalized spacial score (nSPS) is 28.7. The Kier molecular flexibility index (Phi) is 4.94. The Bertz CT molecular complexity index is 778. The summed E-state index contributed by atoms with van der Waals surface area (Å²) in [6.07, 6.45) is 5.05. The average molecular weight is 384 g/mol. The van der Waals surface area contributed by atoms with Crippen LogP contribution in [0.25, 0.3) is 0 Å². The van der Waals surface area contributed by atoms with Gasteiger partial charge in [0.2, 0.25) is 0 Å². The van der Waals surface area contributed by atoms with Gasteiger partial charge in [0.1, 0.15) is 18.0 Å². The largest absolute Gasteiger partial charge is 0.446 e. The second-order valence-electron chi connectivity index (χ2n) is 7.73. The third-order valence-corrected chi connectivity index (χ3v) is 5.90. The summed E-state index contributed by atoms with van der Waals surface area (Å²) in [5.41, 5.74) is 5.98. The van der Waals surface area contributed by atoms with Crippen LogP contribution >= 0.6 is 0 Å². The molecule has 3 aliphatic rings. The molecule has 0 spiro atoms. The minimum Gasteiger partial charge on any atom is -0.446 e. The molecular weight excluding hydrogens is 360 g/mol. The number of urea groups is 1. The molecule has 9 nitrogen and oxygen atoms in total. The van der Waals surface area contributed by atoms with Crippen LogP contribution in [-0.4, -0.2) is 64.2 Å². The highest BCUT2D eigenvalue weighted by molar-refractivity contribution is 5.73. The highest BCUT2D eigenvalue weighted by atomic mass is 16.6. The van der Waals surface area contributed by atoms with E-state index in [-0.39, 0.29) is 36.4 Å². The Morgan fingerprint density at radius 3 is 2.61 bits per heavy atom. The lowest BCUT2D eigenvalue weighted by Crippen LogP contribution is -2.51. The van der Waals surface area contributed by atoms with E-state index >= 15 is 0 Å². The topological polar surface area (TPSA) is 125 Å². The van der Waals surface area contributed by atoms with Crippen LogP contribution in [0.1, 0.15) is 37.7 Å². The molecule has 3 N–H and O–H groups in total. The van der Waals surface area contributed by atoms with Gasteiger partial charge in [-0.05, 0) is 31.4 Å². The molecule has 4 rings (SSSR count). The quantitative estimate of drug-likeness (QED) is 0.816. The van der Waals surface area contributed by atoms with E-state index in [0.717, 1.165) is 19.3 Å². The molecule has 3 amide bonds. The van der Waals surface area contributed by atoms with Crippen molar-refractivity contribution >= 4 is 17.9 Å². The second kappa shape index (κ2) is 7.54. The zero-order valence-corrected chi connectivity index (χ0v) is 15.6. The first-order valence-corrected chi connectivity index (χ1v) is 9.69. The molecule has 0 saturated carbocycles. The molecule has 4 atom stereocenters. The van der Waals surface area contributed by atoms with Crippen molar-refractivity contribution in [3.8, 4) is 6.07 Å². The second-order valence-corrected chi connectivity index (χ2v) is 7.73. The van der Waals surface area contributed by atoms with Gasteiger partial charge in [-0.25, -0.2) is 14.6 Å². The van der Waals surface area contributed by atoms with Gasteiger partial charge in [-0.2, -0.15) is 5.26 Å². The van der Waals surface area contributed by atoms with E-state index in [1.165, 1.54) is 6.20 Å². The molecule has 0 unspecified atom stereocenters. The number of primary amides is 1. The molecule has 0 radical (unpaired) electrons. The fourth-order valence-corrected chi connectivity index (χ4v) is 4.60. The molecule has 4 heterocycles. The number of anilines is 1. The Hall–Kier alpha value is -3.02. The number of carbonyl (C=O) groups excluding carboxylic acids is 2. The smallest absolute Gasteiger partial charge is 0.410 e. The van der Waals surface area contributed by atoms with Gasteiger partial charge in [-0.15, -0.1) is 0 Å². The van der Waals surface area contributed by atoms with Crippen LogP contribution in [0.5, 0.6) is 0 Å². The summed E-state index contributed by atoms with van der Waals surface area (Å²) in [7, 11) is 0. The molecular formula is C19H24N6O3. The van der Waals surface area contributed by atoms with Crippen LogP contribution in [0.4, 0.5) is 15.4 Å². The van der Waals surface area contributed by atoms with Crippen molar-refractivity contribution in [3.63, 3.8) is 0 Å². The maximum Gasteiger partial charge on any atom is 0.410 e. The van der Waals surface area contributed by atoms with Crippen molar-refractivity contribution in [2.45, 2.75) is 56.3 Å². The molecule has 3 fully saturated rings. The van der Waals surface area contributed by atoms with Crippen molar-refractivity contribution in [3.05, 3.63) is 23.9 Å². The van der Waals surface area contributed by atoms with E-state index < -0.39 is 0 Å². The van der Waals surface area contributed by atoms with E-state index in [4.69, 9.17) is 15.7 Å². The number of nitriles is 1. The molecule has 1 aromatic heterocycles. The highest BCUT2D eigenvalue weighted by Gasteiger charge is 2.44. The lowest BCUT2D eigenvalue weighted by atomic mass is 10.0. The Morgan fingerprint density at radius 2 is 2.00 bits per heavy atom. The Morgan fingerprint density at radius 1 is 1.25 bits per heavy atom. The monoisotopic (exact) mass is 384 g/mol. The molecule has 0 aliphatic carbocycles. The summed E-state index contributed by atoms with van der Waals surface area (Å²) in [5, 5.41) is 12.1. The minimum atomic E-state index is -0.373. The standard InChI is InChI=1S/C19H24N6O3/c20-9-12-1-4-17(22-10-12)23-13-5-6-24(11-13)19(27)28-16-7-14-2-3-15(8-16)25(14)18(21)26/h1,4,10,13-16H,2-3,5-8,11H2,(H2,21,26)(H,22,23)/t13-,14-,15+,16+/m1/s1. The molecule has 2 bridgehead atoms. The number of hydrogen-bond acceptors (Lipinski definition) is 6. The van der Waals surface area contributed by atoms with Crippen LogP contribution in [-0.2, 0) is 4.74 Å². The number of nitrogens with one attached hydrogen (secondary N) is 1. The minimum absolute atomic E-state index is 0.0875. The first-order chi connectivity index (χ1) is 13.5. The van der Waals surface area contributed by atoms with Crippen LogP contribution in [0.2, 0.25) is 0 Å². The summed E-state index contributed by atoms with van der Waals surface area (Å²) in [6, 6.07) is 5.42. The maximum absolute atomic E-state index is 12.6. The number of nitrogens with zero attached hydrogens (tertiary/aromatic N) is 4. The predicted molar refractivity (Wildman–Crippen MR) is 100 cm³/mol. The van der Waals surface area contributed by atoms with E-state index in [1.54, 1.807) is 21.9 Å². The van der Waals surface area contributed by atoms with E-state index in [1.807, 2.05) is 6.07 Å². The number of carbonyl (C=O) groups is 2. The third-order valence-electron chi connectivity index (χ3n) is 5.90. The number of piperidine rings is 1. The maximum atomic E-state index is 12.6. The summed E-state index contributed by atoms with van der Waals surface area (Å²) < 4.78 is 5.74. The van der Waals surface area contributed by atoms with Crippen molar-refractivity contribution < 1.29 is 14.3 Å². The number of rotatable bonds is 3. The zero-order chi connectivity index (χ0) is 19.7. The molecule has 28 heavy (non-hydrogen) atoms. The summed E-state index contributed by atoms with van der Waals surface area (Å²) in [5.74, 6) is 0.689. The zero-order valence-electron chi connectivity index (χ0n) is 15.6. The lowest BCUT2D eigenvalue weighted by Gasteiger charge is -2.37. The van der Waals surface area contributed by atoms with E-state index in [2.05, 4.69) is 10.3 Å². The van der Waals surface area contributed by atoms with Crippen LogP contribution in [0.3, 0.4) is 0 Å². The molecule has 1 aromatic rings. The molecule has 9 heteroatoms. The SMILES string of the molecule is N#Cc1ccc(N[C@@H]2CCN(C(=O)O[C@H]3C[C@H]4CC[C@@H](C3)N4C(N)=O)C2)nc1. The van der Waals surface area contributed by atoms with Crippen molar-refractivity contribution in [1.29, 1.82) is 5.26 Å². The first-order valence-electron chi connectivity index (χ1n) is 9.69. The van der Waals surface area contributed by atoms with Gasteiger partial charge in [0.25, 0.3) is 0 Å². The van der Waals surface area contributed by atoms with Crippen LogP contribution < -0.4 is 11.1 Å². The number of ether oxygens (including phenoxy) is 1. The number of aromatic nitrogens is 1. The number of nitrogens with two attached hydrogens (primary N) is 1. The van der Waals surface area contributed by atoms with Crippen molar-refractivity contribution in [2.75, 3.05) is 18.4 Å². The van der Waals surface area contributed by atoms with Crippen LogP contribution in [0, 0.1) is 11.3 Å². The van der Waals surface area contributed by atoms with Gasteiger partial charge in [0.15, 0.2) is 0 Å². The number of pyridine rings is 1. The first kappa shape index (κ1) is 18.3. The average Bonchev–Trinajstić information content (AvgIpc) is 3.25. The molecule has 3 saturated heterocycles. The fraction of sp³-hybridized carbons (Fsp3) is 0.579. The fourth-order valence-electron chi connectivity index (χ4n) is 4.60. The molecule has 148 valence electrons. The number of likely N-dealkylation sites (tertiary alicyclic amines) is 1.